The maximum absolute atomic E-state index is 14.0. The van der Waals surface area contributed by atoms with E-state index in [9.17, 15) is 27.1 Å². The highest BCUT2D eigenvalue weighted by atomic mass is 32.2. The van der Waals surface area contributed by atoms with Crippen LogP contribution >= 0.6 is 24.0 Å². The number of amidine groups is 1. The number of aliphatic hydroxyl groups excluding tert-OH is 1. The lowest BCUT2D eigenvalue weighted by Gasteiger charge is -2.25. The zero-order valence-electron chi connectivity index (χ0n) is 23.8. The van der Waals surface area contributed by atoms with E-state index in [-0.39, 0.29) is 17.3 Å². The van der Waals surface area contributed by atoms with E-state index in [0.29, 0.717) is 44.8 Å². The van der Waals surface area contributed by atoms with E-state index >= 15 is 0 Å². The van der Waals surface area contributed by atoms with Gasteiger partial charge in [-0.15, -0.1) is 18.3 Å². The highest BCUT2D eigenvalue weighted by Gasteiger charge is 2.58. The molecule has 9 nitrogen and oxygen atoms in total. The molecule has 46 heavy (non-hydrogen) atoms. The summed E-state index contributed by atoms with van der Waals surface area (Å²) in [6, 6.07) is 17.6. The number of thioether (sulfide) groups is 1. The first-order chi connectivity index (χ1) is 21.9. The van der Waals surface area contributed by atoms with Crippen molar-refractivity contribution in [3.63, 3.8) is 0 Å². The minimum atomic E-state index is -4.77. The number of aryl methyl sites for hydroxylation is 1. The number of aliphatic imine (C=N–C) groups is 1. The van der Waals surface area contributed by atoms with E-state index in [1.807, 2.05) is 6.92 Å². The first-order valence-electron chi connectivity index (χ1n) is 13.7. The van der Waals surface area contributed by atoms with Crippen LogP contribution in [0.25, 0.3) is 17.1 Å². The van der Waals surface area contributed by atoms with Crippen molar-refractivity contribution in [3.8, 4) is 22.8 Å². The number of hydrogen-bond acceptors (Lipinski definition) is 7. The molecule has 6 rings (SSSR count). The van der Waals surface area contributed by atoms with Crippen molar-refractivity contribution in [1.82, 2.24) is 20.2 Å². The summed E-state index contributed by atoms with van der Waals surface area (Å²) >= 11 is 6.59. The number of halogens is 5. The lowest BCUT2D eigenvalue weighted by atomic mass is 10.0. The van der Waals surface area contributed by atoms with Crippen LogP contribution in [0.4, 0.5) is 27.6 Å². The molecule has 1 aliphatic carbocycles. The molecule has 1 saturated carbocycles. The fourth-order valence-corrected chi connectivity index (χ4v) is 5.95. The average Bonchev–Trinajstić information content (AvgIpc) is 3.30. The van der Waals surface area contributed by atoms with Crippen molar-refractivity contribution >= 4 is 46.2 Å². The number of rotatable bonds is 7. The van der Waals surface area contributed by atoms with Gasteiger partial charge in [0.25, 0.3) is 5.92 Å². The van der Waals surface area contributed by atoms with Gasteiger partial charge in [0, 0.05) is 23.4 Å². The molecule has 2 unspecified atom stereocenters. The Morgan fingerprint density at radius 3 is 2.52 bits per heavy atom. The molecule has 16 heteroatoms. The molecule has 2 aliphatic rings. The Morgan fingerprint density at radius 2 is 1.85 bits per heavy atom. The van der Waals surface area contributed by atoms with E-state index in [2.05, 4.69) is 30.3 Å². The minimum Gasteiger partial charge on any atom is -0.406 e. The third kappa shape index (κ3) is 7.18. The summed E-state index contributed by atoms with van der Waals surface area (Å²) in [5, 5.41) is 19.6. The Morgan fingerprint density at radius 1 is 1.13 bits per heavy atom. The van der Waals surface area contributed by atoms with E-state index in [4.69, 9.17) is 12.2 Å². The number of hydrazone groups is 1. The second-order valence-corrected chi connectivity index (χ2v) is 11.9. The number of aliphatic hydroxyl groups is 1. The van der Waals surface area contributed by atoms with Crippen LogP contribution in [-0.2, 0) is 0 Å². The van der Waals surface area contributed by atoms with Crippen molar-refractivity contribution in [3.05, 3.63) is 89.7 Å². The highest BCUT2D eigenvalue weighted by Crippen LogP contribution is 2.58. The van der Waals surface area contributed by atoms with Gasteiger partial charge in [0.05, 0.1) is 17.8 Å². The number of alkyl halides is 5. The van der Waals surface area contributed by atoms with Crippen molar-refractivity contribution in [1.29, 1.82) is 0 Å². The van der Waals surface area contributed by atoms with Gasteiger partial charge in [0.2, 0.25) is 5.11 Å². The van der Waals surface area contributed by atoms with Crippen LogP contribution in [0.5, 0.6) is 5.75 Å². The maximum atomic E-state index is 14.0. The molecule has 4 aromatic rings. The highest BCUT2D eigenvalue weighted by molar-refractivity contribution is 8.14. The van der Waals surface area contributed by atoms with E-state index in [1.165, 1.54) is 58.2 Å². The van der Waals surface area contributed by atoms with Crippen molar-refractivity contribution in [2.45, 2.75) is 37.8 Å². The molecule has 2 fully saturated rings. The van der Waals surface area contributed by atoms with Gasteiger partial charge in [-0.3, -0.25) is 10.3 Å². The number of hydrogen-bond donors (Lipinski definition) is 2. The number of nitrogens with zero attached hydrogens (tertiary/aromatic N) is 6. The second-order valence-electron chi connectivity index (χ2n) is 10.5. The van der Waals surface area contributed by atoms with E-state index < -0.39 is 24.4 Å². The molecule has 2 heterocycles. The number of anilines is 1. The number of nitrogens with one attached hydrogen (secondary N) is 1. The van der Waals surface area contributed by atoms with Crippen LogP contribution < -0.4 is 15.1 Å². The monoisotopic (exact) mass is 673 g/mol. The molecular formula is C30H24F5N7O2S2. The van der Waals surface area contributed by atoms with Crippen molar-refractivity contribution < 1.29 is 31.8 Å². The first-order valence-corrected chi connectivity index (χ1v) is 15.1. The number of aromatic nitrogens is 3. The van der Waals surface area contributed by atoms with Crippen LogP contribution in [0, 0.1) is 6.92 Å². The van der Waals surface area contributed by atoms with Crippen LogP contribution in [0.15, 0.2) is 83.2 Å². The normalized spacial score (nSPS) is 20.0. The molecule has 2 atom stereocenters. The smallest absolute Gasteiger partial charge is 0.406 e. The molecule has 1 saturated heterocycles. The van der Waals surface area contributed by atoms with Crippen LogP contribution in [0.2, 0.25) is 0 Å². The topological polar surface area (TPSA) is 100 Å². The molecule has 3 aromatic carbocycles. The molecule has 0 amide bonds. The largest absolute Gasteiger partial charge is 0.573 e. The Balaban J connectivity index is 1.09. The van der Waals surface area contributed by atoms with E-state index in [1.54, 1.807) is 42.5 Å². The van der Waals surface area contributed by atoms with Crippen molar-refractivity contribution in [2.75, 3.05) is 10.7 Å². The van der Waals surface area contributed by atoms with Gasteiger partial charge in [-0.1, -0.05) is 48.2 Å². The fourth-order valence-electron chi connectivity index (χ4n) is 4.79. The first kappa shape index (κ1) is 31.6. The average molecular weight is 674 g/mol. The number of benzene rings is 3. The van der Waals surface area contributed by atoms with E-state index in [0.717, 1.165) is 5.56 Å². The van der Waals surface area contributed by atoms with Gasteiger partial charge in [0.1, 0.15) is 18.3 Å². The van der Waals surface area contributed by atoms with Crippen LogP contribution in [-0.4, -0.2) is 60.6 Å². The summed E-state index contributed by atoms with van der Waals surface area (Å²) in [7, 11) is 0. The molecule has 238 valence electrons. The maximum Gasteiger partial charge on any atom is 0.573 e. The summed E-state index contributed by atoms with van der Waals surface area (Å²) in [6.07, 6.45) is -3.00. The van der Waals surface area contributed by atoms with Crippen molar-refractivity contribution in [2.24, 2.45) is 10.1 Å². The molecular weight excluding hydrogens is 650 g/mol. The third-order valence-electron chi connectivity index (χ3n) is 7.08. The third-order valence-corrected chi connectivity index (χ3v) is 8.27. The number of thiocarbonyl (C=S) groups is 1. The molecule has 0 radical (unpaired) electrons. The van der Waals surface area contributed by atoms with Gasteiger partial charge in [-0.05, 0) is 66.2 Å². The SMILES string of the molecule is Cc1ccc(C2CC2(F)F)c(N2C(=NC(=S)N/N=C/c3ccc(-c4ncn(-c5ccc(OC(F)(F)F)cc5)n4)cc3)SCC2O)c1. The van der Waals surface area contributed by atoms with Gasteiger partial charge in [0.15, 0.2) is 11.0 Å². The lowest BCUT2D eigenvalue weighted by molar-refractivity contribution is -0.274. The predicted octanol–water partition coefficient (Wildman–Crippen LogP) is 6.40. The zero-order chi connectivity index (χ0) is 32.6. The Labute approximate surface area is 268 Å². The second kappa shape index (κ2) is 12.4. The summed E-state index contributed by atoms with van der Waals surface area (Å²) < 4.78 is 70.4. The molecule has 1 aromatic heterocycles. The van der Waals surface area contributed by atoms with Gasteiger partial charge < -0.3 is 9.84 Å². The number of ether oxygens (including phenoxy) is 1. The van der Waals surface area contributed by atoms with Gasteiger partial charge >= 0.3 is 6.36 Å². The molecule has 0 bridgehead atoms. The summed E-state index contributed by atoms with van der Waals surface area (Å²) in [5.74, 6) is -3.32. The standard InChI is InChI=1S/C30H24F5N7O2S2/c1-17-2-11-22(23-13-29(23,31)32)24(12-17)42-25(43)15-46-28(42)38-27(45)39-37-14-18-3-5-19(6-4-18)26-36-16-41(40-26)20-7-9-21(10-8-20)44-30(33,34)35/h2-12,14,16,23,25,43H,13,15H2,1H3,(H,39,45)/b37-14+,38-28?. The van der Waals surface area contributed by atoms with Crippen LogP contribution in [0.1, 0.15) is 29.0 Å². The van der Waals surface area contributed by atoms with Gasteiger partial charge in [-0.2, -0.15) is 10.1 Å². The van der Waals surface area contributed by atoms with Crippen LogP contribution in [0.3, 0.4) is 0 Å². The Hall–Kier alpha value is -4.41. The predicted molar refractivity (Wildman–Crippen MR) is 169 cm³/mol. The molecule has 2 N–H and O–H groups in total. The fraction of sp³-hybridized carbons (Fsp3) is 0.233. The zero-order valence-corrected chi connectivity index (χ0v) is 25.5. The van der Waals surface area contributed by atoms with Gasteiger partial charge in [-0.25, -0.2) is 18.4 Å². The summed E-state index contributed by atoms with van der Waals surface area (Å²) in [4.78, 5) is 10.2. The Kier molecular flexibility index (Phi) is 8.52. The Bertz CT molecular complexity index is 1810. The quantitative estimate of drug-likeness (QED) is 0.101. The summed E-state index contributed by atoms with van der Waals surface area (Å²) in [5.41, 5.74) is 6.39. The molecule has 0 spiro atoms. The molecule has 1 aliphatic heterocycles. The summed E-state index contributed by atoms with van der Waals surface area (Å²) in [6.45, 7) is 1.85. The lowest BCUT2D eigenvalue weighted by Crippen LogP contribution is -2.35. The minimum absolute atomic E-state index is 0.0215.